The summed E-state index contributed by atoms with van der Waals surface area (Å²) in [5.41, 5.74) is -1.16. The zero-order valence-electron chi connectivity index (χ0n) is 20.4. The average Bonchev–Trinajstić information content (AvgIpc) is 2.88. The van der Waals surface area contributed by atoms with Crippen molar-refractivity contribution in [3.05, 3.63) is 130 Å². The minimum absolute atomic E-state index is 0.0480. The maximum atomic E-state index is 13.3. The standard InChI is InChI=1S/C30H23F6NO/c1-19-13-20(18-37-25-16-23(29(31,32)33)15-24(17-25)30(34,35)36)27(38)26(14-19)28(2,21-9-5-3-6-10-21)22-11-7-4-8-12-22/h3-18,38H,1-2H3. The first-order valence-corrected chi connectivity index (χ1v) is 11.6. The van der Waals surface area contributed by atoms with Crippen molar-refractivity contribution < 1.29 is 31.4 Å². The number of rotatable bonds is 5. The van der Waals surface area contributed by atoms with Gasteiger partial charge in [0.1, 0.15) is 5.75 Å². The fourth-order valence-corrected chi connectivity index (χ4v) is 4.46. The highest BCUT2D eigenvalue weighted by Gasteiger charge is 2.37. The number of aromatic hydroxyl groups is 1. The van der Waals surface area contributed by atoms with Crippen molar-refractivity contribution in [1.29, 1.82) is 0 Å². The third kappa shape index (κ3) is 5.44. The van der Waals surface area contributed by atoms with Gasteiger partial charge in [0.15, 0.2) is 0 Å². The number of alkyl halides is 6. The van der Waals surface area contributed by atoms with Crippen LogP contribution in [0.25, 0.3) is 0 Å². The Morgan fingerprint density at radius 2 is 1.13 bits per heavy atom. The van der Waals surface area contributed by atoms with Crippen molar-refractivity contribution in [1.82, 2.24) is 0 Å². The second-order valence-corrected chi connectivity index (χ2v) is 9.13. The molecule has 2 nitrogen and oxygen atoms in total. The Labute approximate surface area is 215 Å². The van der Waals surface area contributed by atoms with Crippen molar-refractivity contribution in [2.75, 3.05) is 0 Å². The summed E-state index contributed by atoms with van der Waals surface area (Å²) in [6.07, 6.45) is -8.90. The second-order valence-electron chi connectivity index (χ2n) is 9.13. The first kappa shape index (κ1) is 27.0. The van der Waals surface area contributed by atoms with Crippen LogP contribution in [0.2, 0.25) is 0 Å². The number of phenols is 1. The molecule has 0 bridgehead atoms. The second kappa shape index (κ2) is 10.0. The third-order valence-electron chi connectivity index (χ3n) is 6.45. The summed E-state index contributed by atoms with van der Waals surface area (Å²) in [5.74, 6) is -0.183. The first-order chi connectivity index (χ1) is 17.8. The van der Waals surface area contributed by atoms with Gasteiger partial charge in [-0.3, -0.25) is 4.99 Å². The molecule has 0 fully saturated rings. The normalized spacial score (nSPS) is 12.7. The lowest BCUT2D eigenvalue weighted by molar-refractivity contribution is -0.143. The summed E-state index contributed by atoms with van der Waals surface area (Å²) < 4.78 is 79.6. The quantitative estimate of drug-likeness (QED) is 0.157. The van der Waals surface area contributed by atoms with Gasteiger partial charge in [0.05, 0.1) is 16.8 Å². The summed E-state index contributed by atoms with van der Waals surface area (Å²) in [6, 6.07) is 23.4. The Hall–Kier alpha value is -4.07. The number of nitrogens with zero attached hydrogens (tertiary/aromatic N) is 1. The van der Waals surface area contributed by atoms with Gasteiger partial charge in [-0.15, -0.1) is 0 Å². The molecule has 0 aliphatic carbocycles. The monoisotopic (exact) mass is 527 g/mol. The summed E-state index contributed by atoms with van der Waals surface area (Å²) >= 11 is 0. The first-order valence-electron chi connectivity index (χ1n) is 11.6. The van der Waals surface area contributed by atoms with Crippen molar-refractivity contribution in [3.63, 3.8) is 0 Å². The van der Waals surface area contributed by atoms with E-state index in [9.17, 15) is 31.4 Å². The molecule has 0 saturated carbocycles. The van der Waals surface area contributed by atoms with Crippen LogP contribution in [0.3, 0.4) is 0 Å². The van der Waals surface area contributed by atoms with Crippen LogP contribution in [0.4, 0.5) is 32.0 Å². The minimum Gasteiger partial charge on any atom is -0.507 e. The molecule has 8 heteroatoms. The Balaban J connectivity index is 1.87. The molecule has 0 aliphatic heterocycles. The van der Waals surface area contributed by atoms with Crippen LogP contribution in [0.5, 0.6) is 5.75 Å². The lowest BCUT2D eigenvalue weighted by atomic mass is 9.70. The van der Waals surface area contributed by atoms with E-state index < -0.39 is 34.6 Å². The van der Waals surface area contributed by atoms with Crippen molar-refractivity contribution >= 4 is 11.9 Å². The van der Waals surface area contributed by atoms with E-state index in [0.29, 0.717) is 17.7 Å². The zero-order valence-corrected chi connectivity index (χ0v) is 20.4. The fourth-order valence-electron chi connectivity index (χ4n) is 4.46. The van der Waals surface area contributed by atoms with Crippen LogP contribution in [-0.4, -0.2) is 11.3 Å². The molecule has 4 aromatic rings. The molecule has 0 saturated heterocycles. The highest BCUT2D eigenvalue weighted by Crippen LogP contribution is 2.44. The number of aliphatic imine (C=N–C) groups is 1. The zero-order chi connectivity index (χ0) is 27.7. The summed E-state index contributed by atoms with van der Waals surface area (Å²) in [7, 11) is 0. The largest absolute Gasteiger partial charge is 0.507 e. The predicted molar refractivity (Wildman–Crippen MR) is 135 cm³/mol. The van der Waals surface area contributed by atoms with Crippen LogP contribution in [0, 0.1) is 6.92 Å². The molecule has 0 radical (unpaired) electrons. The summed E-state index contributed by atoms with van der Waals surface area (Å²) in [6.45, 7) is 3.72. The topological polar surface area (TPSA) is 32.6 Å². The third-order valence-corrected chi connectivity index (χ3v) is 6.45. The molecule has 4 aromatic carbocycles. The molecule has 0 heterocycles. The van der Waals surface area contributed by atoms with Gasteiger partial charge in [0.2, 0.25) is 0 Å². The van der Waals surface area contributed by atoms with Crippen LogP contribution >= 0.6 is 0 Å². The van der Waals surface area contributed by atoms with E-state index in [0.717, 1.165) is 22.9 Å². The van der Waals surface area contributed by atoms with Gasteiger partial charge in [0.25, 0.3) is 0 Å². The van der Waals surface area contributed by atoms with Gasteiger partial charge >= 0.3 is 12.4 Å². The van der Waals surface area contributed by atoms with E-state index in [1.54, 1.807) is 19.1 Å². The molecule has 0 amide bonds. The number of benzene rings is 4. The fraction of sp³-hybridized carbons (Fsp3) is 0.167. The molecule has 38 heavy (non-hydrogen) atoms. The molecule has 0 unspecified atom stereocenters. The highest BCUT2D eigenvalue weighted by atomic mass is 19.4. The molecule has 0 aliphatic rings. The van der Waals surface area contributed by atoms with E-state index in [1.807, 2.05) is 67.6 Å². The maximum absolute atomic E-state index is 13.3. The Morgan fingerprint density at radius 3 is 1.58 bits per heavy atom. The van der Waals surface area contributed by atoms with Crippen molar-refractivity contribution in [2.24, 2.45) is 4.99 Å². The predicted octanol–water partition coefficient (Wildman–Crippen LogP) is 8.84. The van der Waals surface area contributed by atoms with Gasteiger partial charge < -0.3 is 5.11 Å². The van der Waals surface area contributed by atoms with Gasteiger partial charge in [-0.1, -0.05) is 66.7 Å². The summed E-state index contributed by atoms with van der Waals surface area (Å²) in [4.78, 5) is 3.91. The van der Waals surface area contributed by atoms with Gasteiger partial charge in [0, 0.05) is 22.8 Å². The van der Waals surface area contributed by atoms with Gasteiger partial charge in [-0.05, 0) is 54.8 Å². The Morgan fingerprint density at radius 1 is 0.658 bits per heavy atom. The van der Waals surface area contributed by atoms with Crippen LogP contribution in [0.15, 0.2) is 96.0 Å². The lowest BCUT2D eigenvalue weighted by Gasteiger charge is -2.33. The van der Waals surface area contributed by atoms with E-state index in [4.69, 9.17) is 0 Å². The highest BCUT2D eigenvalue weighted by molar-refractivity contribution is 5.87. The van der Waals surface area contributed by atoms with Crippen LogP contribution in [0.1, 0.15) is 45.9 Å². The molecule has 0 spiro atoms. The minimum atomic E-state index is -4.99. The number of hydrogen-bond donors (Lipinski definition) is 1. The molecule has 196 valence electrons. The van der Waals surface area contributed by atoms with Crippen LogP contribution in [-0.2, 0) is 17.8 Å². The lowest BCUT2D eigenvalue weighted by Crippen LogP contribution is -2.26. The molecule has 0 aromatic heterocycles. The van der Waals surface area contributed by atoms with E-state index in [2.05, 4.69) is 4.99 Å². The number of phenolic OH excluding ortho intramolecular Hbond substituents is 1. The number of halogens is 6. The van der Waals surface area contributed by atoms with Gasteiger partial charge in [-0.2, -0.15) is 26.3 Å². The van der Waals surface area contributed by atoms with Crippen molar-refractivity contribution in [2.45, 2.75) is 31.6 Å². The SMILES string of the molecule is Cc1cc(C=Nc2cc(C(F)(F)F)cc(C(F)(F)F)c2)c(O)c(C(C)(c2ccccc2)c2ccccc2)c1. The molecule has 0 atom stereocenters. The summed E-state index contributed by atoms with van der Waals surface area (Å²) in [5, 5.41) is 11.4. The van der Waals surface area contributed by atoms with E-state index in [1.165, 1.54) is 0 Å². The Kier molecular flexibility index (Phi) is 7.10. The number of hydrogen-bond acceptors (Lipinski definition) is 2. The molecule has 1 N–H and O–H groups in total. The molecular weight excluding hydrogens is 504 g/mol. The molecule has 4 rings (SSSR count). The maximum Gasteiger partial charge on any atom is 0.416 e. The van der Waals surface area contributed by atoms with Crippen LogP contribution < -0.4 is 0 Å². The van der Waals surface area contributed by atoms with Gasteiger partial charge in [-0.25, -0.2) is 0 Å². The van der Waals surface area contributed by atoms with E-state index in [-0.39, 0.29) is 17.4 Å². The number of aryl methyl sites for hydroxylation is 1. The van der Waals surface area contributed by atoms with Crippen molar-refractivity contribution in [3.8, 4) is 5.75 Å². The van der Waals surface area contributed by atoms with E-state index >= 15 is 0 Å². The Bertz CT molecular complexity index is 1390. The average molecular weight is 528 g/mol. The smallest absolute Gasteiger partial charge is 0.416 e. The molecular formula is C30H23F6NO.